The van der Waals surface area contributed by atoms with Gasteiger partial charge in [0.15, 0.2) is 17.4 Å². The molecule has 0 aliphatic carbocycles. The predicted octanol–water partition coefficient (Wildman–Crippen LogP) is -4.85. The lowest BCUT2D eigenvalue weighted by molar-refractivity contribution is -0.339. The largest absolute Gasteiger partial charge is 0.790 e. The molecule has 22 heteroatoms. The number of phosphoric ester groups is 1. The second-order valence-electron chi connectivity index (χ2n) is 6.51. The van der Waals surface area contributed by atoms with E-state index >= 15 is 0 Å². The first kappa shape index (κ1) is 26.1. The second kappa shape index (κ2) is 8.90. The van der Waals surface area contributed by atoms with Crippen molar-refractivity contribution in [1.82, 2.24) is 19.1 Å². The summed E-state index contributed by atoms with van der Waals surface area (Å²) < 4.78 is 51.1. The Morgan fingerprint density at radius 2 is 1.79 bits per heavy atom. The van der Waals surface area contributed by atoms with Crippen molar-refractivity contribution in [2.24, 2.45) is 7.05 Å². The van der Waals surface area contributed by atoms with Crippen molar-refractivity contribution < 1.29 is 61.4 Å². The van der Waals surface area contributed by atoms with Gasteiger partial charge in [0.2, 0.25) is 5.95 Å². The first-order valence-corrected chi connectivity index (χ1v) is 12.8. The number of nitrogens with zero attached hydrogens (tertiary/aromatic N) is 4. The van der Waals surface area contributed by atoms with Crippen LogP contribution in [-0.2, 0) is 38.6 Å². The average molecular weight is 533 g/mol. The number of fused-ring (bicyclic) bond motifs is 1. The minimum Gasteiger partial charge on any atom is -0.790 e. The number of rotatable bonds is 8. The summed E-state index contributed by atoms with van der Waals surface area (Å²) in [5.41, 5.74) is 4.72. The Kier molecular flexibility index (Phi) is 7.03. The van der Waals surface area contributed by atoms with Crippen LogP contribution in [0, 0.1) is 0 Å². The molecule has 2 aromatic rings. The lowest BCUT2D eigenvalue weighted by Gasteiger charge is -2.37. The number of hydrogen-bond donors (Lipinski definition) is 3. The predicted molar refractivity (Wildman–Crippen MR) is 94.0 cm³/mol. The molecular formula is C11H14N5O14P3-4. The smallest absolute Gasteiger partial charge is 0.282 e. The molecule has 2 aromatic heterocycles. The van der Waals surface area contributed by atoms with Crippen LogP contribution in [0.3, 0.4) is 0 Å². The van der Waals surface area contributed by atoms with Crippen molar-refractivity contribution in [3.8, 4) is 0 Å². The molecule has 0 bridgehead atoms. The minimum absolute atomic E-state index is 0.129. The monoisotopic (exact) mass is 533 g/mol. The molecule has 1 aliphatic rings. The van der Waals surface area contributed by atoms with Crippen molar-refractivity contribution >= 4 is 40.6 Å². The highest BCUT2D eigenvalue weighted by Gasteiger charge is 2.45. The summed E-state index contributed by atoms with van der Waals surface area (Å²) in [6.45, 7) is -1.13. The molecule has 0 saturated carbocycles. The number of aromatic nitrogens is 4. The number of imidazole rings is 1. The molecule has 4 N–H and O–H groups in total. The third-order valence-electron chi connectivity index (χ3n) is 4.25. The number of ether oxygens (including phenoxy) is 1. The lowest BCUT2D eigenvalue weighted by atomic mass is 10.1. The van der Waals surface area contributed by atoms with Crippen molar-refractivity contribution in [1.29, 1.82) is 0 Å². The minimum atomic E-state index is -6.17. The topological polar surface area (TPSA) is 300 Å². The van der Waals surface area contributed by atoms with E-state index in [4.69, 9.17) is 10.5 Å². The van der Waals surface area contributed by atoms with Gasteiger partial charge < -0.3 is 49.3 Å². The zero-order valence-electron chi connectivity index (χ0n) is 16.1. The number of nitrogens with two attached hydrogens (primary N) is 1. The van der Waals surface area contributed by atoms with Crippen molar-refractivity contribution in [3.63, 3.8) is 0 Å². The van der Waals surface area contributed by atoms with E-state index in [1.54, 1.807) is 0 Å². The number of phosphoric acid groups is 3. The first-order valence-electron chi connectivity index (χ1n) is 8.43. The maximum atomic E-state index is 12.2. The van der Waals surface area contributed by atoms with E-state index < -0.39 is 60.2 Å². The molecule has 33 heavy (non-hydrogen) atoms. The Hall–Kier alpha value is -1.56. The van der Waals surface area contributed by atoms with Gasteiger partial charge in [0.05, 0.1) is 20.8 Å². The summed E-state index contributed by atoms with van der Waals surface area (Å²) in [5.74, 6) is -0.212. The van der Waals surface area contributed by atoms with Crippen LogP contribution in [0.25, 0.3) is 11.2 Å². The summed E-state index contributed by atoms with van der Waals surface area (Å²) in [4.78, 5) is 63.4. The fraction of sp³-hybridized carbons (Fsp3) is 0.545. The highest BCUT2D eigenvalue weighted by molar-refractivity contribution is 7.64. The molecule has 0 radical (unpaired) electrons. The van der Waals surface area contributed by atoms with E-state index in [0.29, 0.717) is 0 Å². The summed E-state index contributed by atoms with van der Waals surface area (Å²) in [7, 11) is -16.8. The van der Waals surface area contributed by atoms with Crippen LogP contribution in [0.15, 0.2) is 11.1 Å². The summed E-state index contributed by atoms with van der Waals surface area (Å²) in [6.07, 6.45) is -5.59. The lowest BCUT2D eigenvalue weighted by Crippen LogP contribution is -2.34. The Labute approximate surface area is 182 Å². The fourth-order valence-electron chi connectivity index (χ4n) is 2.79. The van der Waals surface area contributed by atoms with Crippen LogP contribution in [0.5, 0.6) is 0 Å². The van der Waals surface area contributed by atoms with Crippen LogP contribution < -0.4 is 30.9 Å². The van der Waals surface area contributed by atoms with Crippen LogP contribution in [0.2, 0.25) is 0 Å². The van der Waals surface area contributed by atoms with E-state index in [0.717, 1.165) is 15.5 Å². The van der Waals surface area contributed by atoms with Crippen molar-refractivity contribution in [3.05, 3.63) is 16.7 Å². The van der Waals surface area contributed by atoms with Gasteiger partial charge in [-0.15, -0.1) is 0 Å². The Morgan fingerprint density at radius 1 is 1.15 bits per heavy atom. The van der Waals surface area contributed by atoms with Gasteiger partial charge in [0.25, 0.3) is 21.2 Å². The normalized spacial score (nSPS) is 27.5. The zero-order valence-corrected chi connectivity index (χ0v) is 18.8. The molecule has 3 unspecified atom stereocenters. The Morgan fingerprint density at radius 3 is 2.39 bits per heavy atom. The van der Waals surface area contributed by atoms with Crippen LogP contribution in [0.4, 0.5) is 5.95 Å². The van der Waals surface area contributed by atoms with Crippen molar-refractivity contribution in [2.45, 2.75) is 24.5 Å². The number of hydrogen-bond acceptors (Lipinski definition) is 17. The molecule has 19 nitrogen and oxygen atoms in total. The van der Waals surface area contributed by atoms with Gasteiger partial charge in [-0.1, -0.05) is 0 Å². The average Bonchev–Trinajstić information content (AvgIpc) is 3.17. The molecule has 6 atom stereocenters. The van der Waals surface area contributed by atoms with Crippen LogP contribution in [0.1, 0.15) is 6.23 Å². The van der Waals surface area contributed by atoms with E-state index in [1.165, 1.54) is 7.05 Å². The Balaban J connectivity index is 1.75. The maximum absolute atomic E-state index is 12.2. The summed E-state index contributed by atoms with van der Waals surface area (Å²) in [5, 5.41) is 20.4. The highest BCUT2D eigenvalue weighted by Crippen LogP contribution is 2.60. The maximum Gasteiger partial charge on any atom is 0.282 e. The molecule has 3 heterocycles. The molecule has 1 saturated heterocycles. The molecular weight excluding hydrogens is 519 g/mol. The molecule has 0 amide bonds. The molecule has 186 valence electrons. The molecule has 0 spiro atoms. The second-order valence-corrected chi connectivity index (χ2v) is 10.8. The third kappa shape index (κ3) is 5.75. The molecule has 0 aromatic carbocycles. The van der Waals surface area contributed by atoms with Gasteiger partial charge in [-0.2, -0.15) is 4.98 Å². The van der Waals surface area contributed by atoms with E-state index in [2.05, 4.69) is 23.1 Å². The van der Waals surface area contributed by atoms with Crippen LogP contribution in [-0.4, -0.2) is 54.2 Å². The van der Waals surface area contributed by atoms with Gasteiger partial charge in [-0.25, -0.2) is 9.29 Å². The van der Waals surface area contributed by atoms with E-state index in [1.807, 2.05) is 0 Å². The number of aliphatic hydroxyl groups is 2. The highest BCUT2D eigenvalue weighted by atomic mass is 31.3. The number of aliphatic hydroxyl groups excluding tert-OH is 2. The summed E-state index contributed by atoms with van der Waals surface area (Å²) >= 11 is 0. The van der Waals surface area contributed by atoms with Gasteiger partial charge in [-0.3, -0.25) is 27.4 Å². The van der Waals surface area contributed by atoms with Gasteiger partial charge in [-0.05, 0) is 0 Å². The SMILES string of the molecule is Cn1c(N)nc2c(ncn2[C@@H]2O[C@H](COP(=O)([O-])OP(=O)([O-])OP(=O)([O-])[O-])C(O)[C@@H]2O)c1=O. The Bertz CT molecular complexity index is 1260. The van der Waals surface area contributed by atoms with Gasteiger partial charge >= 0.3 is 0 Å². The quantitative estimate of drug-likeness (QED) is 0.268. The zero-order chi connectivity index (χ0) is 24.9. The molecule has 1 aliphatic heterocycles. The molecule has 1 fully saturated rings. The van der Waals surface area contributed by atoms with Crippen molar-refractivity contribution in [2.75, 3.05) is 12.3 Å². The summed E-state index contributed by atoms with van der Waals surface area (Å²) in [6, 6.07) is 0. The number of nitrogen functional groups attached to an aromatic ring is 1. The standard InChI is InChI=1S/C11H18N5O14P3/c1-15-9(19)5-8(14-11(15)12)16(3-13-5)10-7(18)6(17)4(28-10)2-27-32(23,24)30-33(25,26)29-31(20,21)22/h3-4,6-7,10,17-18H,2H2,1H3,(H2,12,14)(H,23,24)(H,25,26)(H2,20,21,22)/p-4/t4-,6?,7+,10-/m1/s1. The van der Waals surface area contributed by atoms with Crippen LogP contribution >= 0.6 is 23.5 Å². The van der Waals surface area contributed by atoms with Gasteiger partial charge in [0.1, 0.15) is 18.3 Å². The van der Waals surface area contributed by atoms with E-state index in [-0.39, 0.29) is 17.1 Å². The first-order chi connectivity index (χ1) is 15.0. The third-order valence-corrected chi connectivity index (χ3v) is 7.91. The molecule has 3 rings (SSSR count). The van der Waals surface area contributed by atoms with Gasteiger partial charge in [0, 0.05) is 7.05 Å². The van der Waals surface area contributed by atoms with E-state index in [9.17, 15) is 48.3 Å². The number of anilines is 1. The fourth-order valence-corrected chi connectivity index (χ4v) is 5.66.